The standard InChI is InChI=1S/C19H15ClFN3O3/c1-23-17(26)16-13(21)6-3-7-14(16)24-15(25)8-9-19(23,24)18(27)22-12-5-2-4-11(20)10-12/h2-7,10H,8-9H2,1H3,(H,22,27). The number of likely N-dealkylation sites (N-methyl/N-ethyl adjacent to an activating group) is 1. The second-order valence-corrected chi connectivity index (χ2v) is 6.94. The number of hydrogen-bond acceptors (Lipinski definition) is 3. The van der Waals surface area contributed by atoms with Crippen molar-refractivity contribution in [2.45, 2.75) is 18.5 Å². The molecule has 1 fully saturated rings. The maximum Gasteiger partial charge on any atom is 0.271 e. The Morgan fingerprint density at radius 3 is 2.70 bits per heavy atom. The van der Waals surface area contributed by atoms with Crippen molar-refractivity contribution in [2.75, 3.05) is 17.3 Å². The van der Waals surface area contributed by atoms with Gasteiger partial charge in [-0.15, -0.1) is 0 Å². The number of halogens is 2. The molecule has 1 unspecified atom stereocenters. The average Bonchev–Trinajstić information content (AvgIpc) is 2.98. The lowest BCUT2D eigenvalue weighted by molar-refractivity contribution is -0.128. The van der Waals surface area contributed by atoms with E-state index in [1.165, 1.54) is 24.1 Å². The monoisotopic (exact) mass is 387 g/mol. The number of carbonyl (C=O) groups is 3. The Morgan fingerprint density at radius 2 is 1.96 bits per heavy atom. The zero-order chi connectivity index (χ0) is 19.3. The smallest absolute Gasteiger partial charge is 0.271 e. The molecule has 3 amide bonds. The molecule has 4 rings (SSSR count). The van der Waals surface area contributed by atoms with Crippen LogP contribution in [0.2, 0.25) is 5.02 Å². The summed E-state index contributed by atoms with van der Waals surface area (Å²) in [6.45, 7) is 0. The van der Waals surface area contributed by atoms with E-state index in [-0.39, 0.29) is 30.0 Å². The number of amides is 3. The summed E-state index contributed by atoms with van der Waals surface area (Å²) in [6, 6.07) is 10.6. The number of carbonyl (C=O) groups excluding carboxylic acids is 3. The SMILES string of the molecule is CN1C(=O)c2c(F)cccc2N2C(=O)CCC12C(=O)Nc1cccc(Cl)c1. The molecule has 1 atom stereocenters. The maximum atomic E-state index is 14.3. The number of fused-ring (bicyclic) bond motifs is 3. The molecular weight excluding hydrogens is 373 g/mol. The molecule has 0 spiro atoms. The van der Waals surface area contributed by atoms with Gasteiger partial charge in [-0.1, -0.05) is 23.7 Å². The highest BCUT2D eigenvalue weighted by Crippen LogP contribution is 2.44. The zero-order valence-electron chi connectivity index (χ0n) is 14.3. The van der Waals surface area contributed by atoms with Gasteiger partial charge in [-0.3, -0.25) is 19.3 Å². The van der Waals surface area contributed by atoms with Gasteiger partial charge in [0.25, 0.3) is 11.8 Å². The van der Waals surface area contributed by atoms with E-state index >= 15 is 0 Å². The minimum Gasteiger partial charge on any atom is -0.322 e. The molecule has 2 heterocycles. The minimum atomic E-state index is -1.56. The van der Waals surface area contributed by atoms with Crippen molar-refractivity contribution in [1.82, 2.24) is 4.90 Å². The number of benzene rings is 2. The number of nitrogens with one attached hydrogen (secondary N) is 1. The quantitative estimate of drug-likeness (QED) is 0.861. The first-order valence-electron chi connectivity index (χ1n) is 8.33. The van der Waals surface area contributed by atoms with Crippen molar-refractivity contribution >= 4 is 40.7 Å². The van der Waals surface area contributed by atoms with Crippen molar-refractivity contribution in [3.63, 3.8) is 0 Å². The van der Waals surface area contributed by atoms with Gasteiger partial charge in [-0.25, -0.2) is 4.39 Å². The summed E-state index contributed by atoms with van der Waals surface area (Å²) in [4.78, 5) is 41.1. The normalized spacial score (nSPS) is 21.1. The van der Waals surface area contributed by atoms with E-state index in [0.717, 1.165) is 11.0 Å². The summed E-state index contributed by atoms with van der Waals surface area (Å²) >= 11 is 5.96. The molecule has 27 heavy (non-hydrogen) atoms. The molecular formula is C19H15ClFN3O3. The third-order valence-corrected chi connectivity index (χ3v) is 5.29. The first-order chi connectivity index (χ1) is 12.9. The van der Waals surface area contributed by atoms with Gasteiger partial charge in [0.15, 0.2) is 0 Å². The molecule has 2 aliphatic rings. The van der Waals surface area contributed by atoms with Gasteiger partial charge in [0, 0.05) is 30.6 Å². The van der Waals surface area contributed by atoms with Crippen LogP contribution in [0.25, 0.3) is 0 Å². The Hall–Kier alpha value is -2.93. The summed E-state index contributed by atoms with van der Waals surface area (Å²) in [7, 11) is 1.40. The number of anilines is 2. The molecule has 0 aliphatic carbocycles. The van der Waals surface area contributed by atoms with E-state index in [4.69, 9.17) is 11.6 Å². The molecule has 0 aromatic heterocycles. The van der Waals surface area contributed by atoms with Gasteiger partial charge >= 0.3 is 0 Å². The third kappa shape index (κ3) is 2.42. The van der Waals surface area contributed by atoms with Crippen LogP contribution in [0.1, 0.15) is 23.2 Å². The summed E-state index contributed by atoms with van der Waals surface area (Å²) in [5.74, 6) is -2.27. The van der Waals surface area contributed by atoms with Crippen LogP contribution in [0.15, 0.2) is 42.5 Å². The topological polar surface area (TPSA) is 69.7 Å². The van der Waals surface area contributed by atoms with Crippen LogP contribution < -0.4 is 10.2 Å². The van der Waals surface area contributed by atoms with E-state index in [1.54, 1.807) is 24.3 Å². The molecule has 8 heteroatoms. The number of rotatable bonds is 2. The summed E-state index contributed by atoms with van der Waals surface area (Å²) in [6.07, 6.45) is 0.174. The van der Waals surface area contributed by atoms with Crippen LogP contribution in [0.3, 0.4) is 0 Å². The molecule has 0 saturated carbocycles. The lowest BCUT2D eigenvalue weighted by atomic mass is 9.96. The largest absolute Gasteiger partial charge is 0.322 e. The van der Waals surface area contributed by atoms with Crippen LogP contribution in [-0.2, 0) is 9.59 Å². The highest BCUT2D eigenvalue weighted by Gasteiger charge is 2.60. The fourth-order valence-corrected chi connectivity index (χ4v) is 3.96. The molecule has 138 valence electrons. The Morgan fingerprint density at radius 1 is 1.22 bits per heavy atom. The van der Waals surface area contributed by atoms with Gasteiger partial charge < -0.3 is 10.2 Å². The fourth-order valence-electron chi connectivity index (χ4n) is 3.77. The van der Waals surface area contributed by atoms with E-state index in [2.05, 4.69) is 5.32 Å². The Bertz CT molecular complexity index is 996. The first-order valence-corrected chi connectivity index (χ1v) is 8.71. The zero-order valence-corrected chi connectivity index (χ0v) is 15.1. The molecule has 0 radical (unpaired) electrons. The third-order valence-electron chi connectivity index (χ3n) is 5.06. The minimum absolute atomic E-state index is 0.0660. The summed E-state index contributed by atoms with van der Waals surface area (Å²) in [5.41, 5.74) is -1.22. The fraction of sp³-hybridized carbons (Fsp3) is 0.211. The lowest BCUT2D eigenvalue weighted by Crippen LogP contribution is -2.68. The van der Waals surface area contributed by atoms with Crippen LogP contribution >= 0.6 is 11.6 Å². The van der Waals surface area contributed by atoms with Crippen LogP contribution in [0, 0.1) is 5.82 Å². The lowest BCUT2D eigenvalue weighted by Gasteiger charge is -2.47. The number of nitrogens with zero attached hydrogens (tertiary/aromatic N) is 2. The second kappa shape index (κ2) is 6.06. The molecule has 1 saturated heterocycles. The molecule has 2 aromatic rings. The van der Waals surface area contributed by atoms with Crippen LogP contribution in [-0.4, -0.2) is 35.3 Å². The first kappa shape index (κ1) is 17.5. The molecule has 2 aromatic carbocycles. The highest BCUT2D eigenvalue weighted by molar-refractivity contribution is 6.31. The van der Waals surface area contributed by atoms with Crippen molar-refractivity contribution in [2.24, 2.45) is 0 Å². The van der Waals surface area contributed by atoms with Gasteiger partial charge in [0.1, 0.15) is 5.82 Å². The summed E-state index contributed by atoms with van der Waals surface area (Å²) in [5, 5.41) is 3.16. The van der Waals surface area contributed by atoms with Crippen molar-refractivity contribution in [3.05, 3.63) is 58.9 Å². The molecule has 6 nitrogen and oxygen atoms in total. The van der Waals surface area contributed by atoms with Crippen molar-refractivity contribution in [1.29, 1.82) is 0 Å². The van der Waals surface area contributed by atoms with E-state index in [0.29, 0.717) is 10.7 Å². The Kier molecular flexibility index (Phi) is 3.92. The molecule has 2 aliphatic heterocycles. The summed E-state index contributed by atoms with van der Waals surface area (Å²) < 4.78 is 14.3. The second-order valence-electron chi connectivity index (χ2n) is 6.51. The van der Waals surface area contributed by atoms with E-state index < -0.39 is 23.3 Å². The van der Waals surface area contributed by atoms with Crippen LogP contribution in [0.5, 0.6) is 0 Å². The average molecular weight is 388 g/mol. The molecule has 0 bridgehead atoms. The Balaban J connectivity index is 1.84. The molecule has 1 N–H and O–H groups in total. The van der Waals surface area contributed by atoms with Crippen molar-refractivity contribution < 1.29 is 18.8 Å². The predicted octanol–water partition coefficient (Wildman–Crippen LogP) is 3.03. The van der Waals surface area contributed by atoms with Gasteiger partial charge in [-0.05, 0) is 30.3 Å². The van der Waals surface area contributed by atoms with Gasteiger partial charge in [-0.2, -0.15) is 0 Å². The highest BCUT2D eigenvalue weighted by atomic mass is 35.5. The van der Waals surface area contributed by atoms with Crippen molar-refractivity contribution in [3.8, 4) is 0 Å². The maximum absolute atomic E-state index is 14.3. The van der Waals surface area contributed by atoms with E-state index in [1.807, 2.05) is 0 Å². The Labute approximate surface area is 159 Å². The van der Waals surface area contributed by atoms with Gasteiger partial charge in [0.05, 0.1) is 11.3 Å². The van der Waals surface area contributed by atoms with Crippen LogP contribution in [0.4, 0.5) is 15.8 Å². The van der Waals surface area contributed by atoms with Gasteiger partial charge in [0.2, 0.25) is 11.6 Å². The predicted molar refractivity (Wildman–Crippen MR) is 98.0 cm³/mol. The number of hydrogen-bond donors (Lipinski definition) is 1. The van der Waals surface area contributed by atoms with E-state index in [9.17, 15) is 18.8 Å².